The van der Waals surface area contributed by atoms with Gasteiger partial charge < -0.3 is 19.0 Å². The molecule has 108 valence electrons. The van der Waals surface area contributed by atoms with Crippen molar-refractivity contribution in [2.75, 3.05) is 13.2 Å². The van der Waals surface area contributed by atoms with Crippen LogP contribution in [0.4, 0.5) is 0 Å². The summed E-state index contributed by atoms with van der Waals surface area (Å²) < 4.78 is 16.9. The molecule has 4 nitrogen and oxygen atoms in total. The van der Waals surface area contributed by atoms with Gasteiger partial charge in [0.05, 0.1) is 17.3 Å². The number of rotatable bonds is 7. The molecule has 0 radical (unpaired) electrons. The topological polar surface area (TPSA) is 51.8 Å². The molecule has 0 saturated carbocycles. The maximum Gasteiger partial charge on any atom is 0.133 e. The van der Waals surface area contributed by atoms with Gasteiger partial charge in [0.15, 0.2) is 0 Å². The van der Waals surface area contributed by atoms with Gasteiger partial charge in [-0.15, -0.1) is 0 Å². The number of ether oxygens (including phenoxy) is 2. The number of benzene rings is 1. The molecule has 1 heterocycles. The van der Waals surface area contributed by atoms with Crippen molar-refractivity contribution in [1.82, 2.24) is 0 Å². The monoisotopic (exact) mass is 340 g/mol. The van der Waals surface area contributed by atoms with Gasteiger partial charge in [0.2, 0.25) is 0 Å². The van der Waals surface area contributed by atoms with Gasteiger partial charge in [-0.25, -0.2) is 0 Å². The standard InChI is InChI=1S/C15H17BrO4/c1-11-4-5-15(14(16)7-11)20-9-12(17)8-18-10-13-3-2-6-19-13/h2-7,12,17H,8-10H2,1H3. The van der Waals surface area contributed by atoms with Gasteiger partial charge >= 0.3 is 0 Å². The van der Waals surface area contributed by atoms with E-state index in [2.05, 4.69) is 15.9 Å². The average molecular weight is 341 g/mol. The largest absolute Gasteiger partial charge is 0.490 e. The first-order valence-corrected chi connectivity index (χ1v) is 7.11. The lowest BCUT2D eigenvalue weighted by Crippen LogP contribution is -2.23. The van der Waals surface area contributed by atoms with Crippen LogP contribution in [0.1, 0.15) is 11.3 Å². The van der Waals surface area contributed by atoms with E-state index in [0.29, 0.717) is 12.4 Å². The van der Waals surface area contributed by atoms with E-state index >= 15 is 0 Å². The maximum absolute atomic E-state index is 9.79. The van der Waals surface area contributed by atoms with E-state index < -0.39 is 6.10 Å². The first-order valence-electron chi connectivity index (χ1n) is 6.32. The predicted molar refractivity (Wildman–Crippen MR) is 78.7 cm³/mol. The molecule has 0 bridgehead atoms. The zero-order valence-electron chi connectivity index (χ0n) is 11.2. The van der Waals surface area contributed by atoms with Gasteiger partial charge in [-0.2, -0.15) is 0 Å². The molecule has 0 aliphatic carbocycles. The molecule has 0 saturated heterocycles. The van der Waals surface area contributed by atoms with Crippen LogP contribution < -0.4 is 4.74 Å². The Balaban J connectivity index is 1.70. The maximum atomic E-state index is 9.79. The summed E-state index contributed by atoms with van der Waals surface area (Å²) in [7, 11) is 0. The molecule has 1 atom stereocenters. The fourth-order valence-electron chi connectivity index (χ4n) is 1.65. The average Bonchev–Trinajstić information content (AvgIpc) is 2.91. The number of aliphatic hydroxyl groups is 1. The molecule has 5 heteroatoms. The Hall–Kier alpha value is -1.30. The lowest BCUT2D eigenvalue weighted by atomic mass is 10.2. The van der Waals surface area contributed by atoms with Crippen molar-refractivity contribution in [2.45, 2.75) is 19.6 Å². The number of halogens is 1. The van der Waals surface area contributed by atoms with Gasteiger partial charge in [-0.05, 0) is 52.7 Å². The van der Waals surface area contributed by atoms with Crippen LogP contribution in [0.15, 0.2) is 45.5 Å². The normalized spacial score (nSPS) is 12.3. The molecular weight excluding hydrogens is 324 g/mol. The summed E-state index contributed by atoms with van der Waals surface area (Å²) in [6.45, 7) is 2.73. The first-order chi connectivity index (χ1) is 9.65. The minimum atomic E-state index is -0.682. The molecule has 0 aliphatic rings. The molecule has 0 fully saturated rings. The predicted octanol–water partition coefficient (Wildman–Crippen LogP) is 3.31. The van der Waals surface area contributed by atoms with Crippen LogP contribution in [0.2, 0.25) is 0 Å². The van der Waals surface area contributed by atoms with Crippen molar-refractivity contribution in [3.63, 3.8) is 0 Å². The first kappa shape index (κ1) is 15.1. The van der Waals surface area contributed by atoms with Crippen LogP contribution in [0.3, 0.4) is 0 Å². The molecular formula is C15H17BrO4. The lowest BCUT2D eigenvalue weighted by Gasteiger charge is -2.13. The number of furan rings is 1. The van der Waals surface area contributed by atoms with Crippen LogP contribution >= 0.6 is 15.9 Å². The summed E-state index contributed by atoms with van der Waals surface area (Å²) in [5.41, 5.74) is 1.14. The summed E-state index contributed by atoms with van der Waals surface area (Å²) in [5.74, 6) is 1.44. The van der Waals surface area contributed by atoms with Crippen LogP contribution in [0, 0.1) is 6.92 Å². The minimum absolute atomic E-state index is 0.180. The SMILES string of the molecule is Cc1ccc(OCC(O)COCc2ccco2)c(Br)c1. The van der Waals surface area contributed by atoms with Crippen molar-refractivity contribution in [3.8, 4) is 5.75 Å². The second-order valence-electron chi connectivity index (χ2n) is 4.49. The summed E-state index contributed by atoms with van der Waals surface area (Å²) in [6, 6.07) is 9.42. The second kappa shape index (κ2) is 7.47. The van der Waals surface area contributed by atoms with Gasteiger partial charge in [0, 0.05) is 0 Å². The van der Waals surface area contributed by atoms with E-state index in [1.54, 1.807) is 12.3 Å². The summed E-state index contributed by atoms with van der Waals surface area (Å²) in [6.07, 6.45) is 0.908. The quantitative estimate of drug-likeness (QED) is 0.840. The van der Waals surface area contributed by atoms with E-state index in [9.17, 15) is 5.11 Å². The fraction of sp³-hybridized carbons (Fsp3) is 0.333. The van der Waals surface area contributed by atoms with Crippen molar-refractivity contribution in [2.24, 2.45) is 0 Å². The van der Waals surface area contributed by atoms with Gasteiger partial charge in [0.25, 0.3) is 0 Å². The fourth-order valence-corrected chi connectivity index (χ4v) is 2.25. The van der Waals surface area contributed by atoms with Crippen molar-refractivity contribution in [1.29, 1.82) is 0 Å². The molecule has 0 amide bonds. The van der Waals surface area contributed by atoms with E-state index in [0.717, 1.165) is 15.8 Å². The summed E-state index contributed by atoms with van der Waals surface area (Å²) in [4.78, 5) is 0. The third-order valence-corrected chi connectivity index (χ3v) is 3.27. The molecule has 0 aliphatic heterocycles. The Bertz CT molecular complexity index is 525. The third-order valence-electron chi connectivity index (χ3n) is 2.65. The van der Waals surface area contributed by atoms with E-state index in [1.165, 1.54) is 0 Å². The molecule has 1 unspecified atom stereocenters. The van der Waals surface area contributed by atoms with Gasteiger partial charge in [-0.1, -0.05) is 6.07 Å². The van der Waals surface area contributed by atoms with Gasteiger partial charge in [0.1, 0.15) is 30.8 Å². The molecule has 0 spiro atoms. The van der Waals surface area contributed by atoms with Gasteiger partial charge in [-0.3, -0.25) is 0 Å². The van der Waals surface area contributed by atoms with Crippen LogP contribution in [-0.4, -0.2) is 24.4 Å². The highest BCUT2D eigenvalue weighted by Crippen LogP contribution is 2.25. The Labute approximate surface area is 126 Å². The summed E-state index contributed by atoms with van der Waals surface area (Å²) in [5, 5.41) is 9.79. The Morgan fingerprint density at radius 2 is 2.15 bits per heavy atom. The highest BCUT2D eigenvalue weighted by atomic mass is 79.9. The highest BCUT2D eigenvalue weighted by molar-refractivity contribution is 9.10. The number of aliphatic hydroxyl groups excluding tert-OH is 1. The minimum Gasteiger partial charge on any atom is -0.490 e. The second-order valence-corrected chi connectivity index (χ2v) is 5.35. The zero-order chi connectivity index (χ0) is 14.4. The number of hydrogen-bond acceptors (Lipinski definition) is 4. The zero-order valence-corrected chi connectivity index (χ0v) is 12.8. The van der Waals surface area contributed by atoms with Crippen LogP contribution in [0.25, 0.3) is 0 Å². The Morgan fingerprint density at radius 3 is 2.85 bits per heavy atom. The highest BCUT2D eigenvalue weighted by Gasteiger charge is 2.08. The molecule has 2 aromatic rings. The lowest BCUT2D eigenvalue weighted by molar-refractivity contribution is 0.000756. The van der Waals surface area contributed by atoms with Crippen molar-refractivity contribution < 1.29 is 19.0 Å². The summed E-state index contributed by atoms with van der Waals surface area (Å²) >= 11 is 3.43. The Morgan fingerprint density at radius 1 is 1.30 bits per heavy atom. The van der Waals surface area contributed by atoms with Crippen molar-refractivity contribution in [3.05, 3.63) is 52.4 Å². The third kappa shape index (κ3) is 4.67. The smallest absolute Gasteiger partial charge is 0.133 e. The molecule has 2 rings (SSSR count). The van der Waals surface area contributed by atoms with E-state index in [4.69, 9.17) is 13.9 Å². The van der Waals surface area contributed by atoms with E-state index in [-0.39, 0.29) is 13.2 Å². The van der Waals surface area contributed by atoms with Crippen molar-refractivity contribution >= 4 is 15.9 Å². The molecule has 1 N–H and O–H groups in total. The number of aryl methyl sites for hydroxylation is 1. The van der Waals surface area contributed by atoms with Crippen LogP contribution in [0.5, 0.6) is 5.75 Å². The molecule has 1 aromatic heterocycles. The van der Waals surface area contributed by atoms with E-state index in [1.807, 2.05) is 31.2 Å². The molecule has 1 aromatic carbocycles. The molecule has 20 heavy (non-hydrogen) atoms. The van der Waals surface area contributed by atoms with Crippen LogP contribution in [-0.2, 0) is 11.3 Å². The number of hydrogen-bond donors (Lipinski definition) is 1. The Kier molecular flexibility index (Phi) is 5.64.